The number of sulfonamides is 1. The first-order valence-electron chi connectivity index (χ1n) is 8.77. The molecular weight excluding hydrogens is 455 g/mol. The molecule has 0 aliphatic rings. The second-order valence-corrected chi connectivity index (χ2v) is 8.49. The van der Waals surface area contributed by atoms with Crippen molar-refractivity contribution in [2.75, 3.05) is 0 Å². The Bertz CT molecular complexity index is 1210. The van der Waals surface area contributed by atoms with Crippen LogP contribution >= 0.6 is 11.6 Å². The minimum absolute atomic E-state index is 0.0607. The Morgan fingerprint density at radius 2 is 1.68 bits per heavy atom. The Hall–Kier alpha value is -3.04. The van der Waals surface area contributed by atoms with Gasteiger partial charge in [0, 0.05) is 5.02 Å². The van der Waals surface area contributed by atoms with Gasteiger partial charge >= 0.3 is 6.18 Å². The molecule has 0 aromatic heterocycles. The number of nitrogens with one attached hydrogen (secondary N) is 1. The Balaban J connectivity index is 1.80. The number of carbonyl (C=O) groups is 1. The van der Waals surface area contributed by atoms with E-state index in [0.29, 0.717) is 11.1 Å². The van der Waals surface area contributed by atoms with Crippen molar-refractivity contribution in [3.8, 4) is 5.75 Å². The average Bonchev–Trinajstić information content (AvgIpc) is 2.72. The van der Waals surface area contributed by atoms with Crippen molar-refractivity contribution in [2.24, 2.45) is 0 Å². The summed E-state index contributed by atoms with van der Waals surface area (Å²) in [7, 11) is -4.55. The van der Waals surface area contributed by atoms with Gasteiger partial charge < -0.3 is 4.74 Å². The molecule has 1 amide bonds. The van der Waals surface area contributed by atoms with Crippen molar-refractivity contribution >= 4 is 27.5 Å². The number of hydrogen-bond acceptors (Lipinski definition) is 4. The number of benzene rings is 3. The van der Waals surface area contributed by atoms with Crippen LogP contribution in [0.25, 0.3) is 0 Å². The zero-order valence-corrected chi connectivity index (χ0v) is 17.3. The zero-order chi connectivity index (χ0) is 22.6. The van der Waals surface area contributed by atoms with Gasteiger partial charge in [0.25, 0.3) is 15.9 Å². The summed E-state index contributed by atoms with van der Waals surface area (Å²) in [6.45, 7) is 0.0607. The van der Waals surface area contributed by atoms with Crippen LogP contribution < -0.4 is 9.46 Å². The van der Waals surface area contributed by atoms with Crippen molar-refractivity contribution in [3.63, 3.8) is 0 Å². The molecule has 0 aliphatic carbocycles. The number of rotatable bonds is 6. The van der Waals surface area contributed by atoms with Crippen LogP contribution in [0.1, 0.15) is 21.5 Å². The standard InChI is InChI=1S/C21H15ClF3NO4S/c22-16-7-3-5-14(11-16)13-30-19-10-2-1-9-18(19)20(27)26-31(28,29)17-8-4-6-15(12-17)21(23,24)25/h1-12H,13H2,(H,26,27). The molecule has 0 aliphatic heterocycles. The summed E-state index contributed by atoms with van der Waals surface area (Å²) in [5.74, 6) is -0.946. The SMILES string of the molecule is O=C(NS(=O)(=O)c1cccc(C(F)(F)F)c1)c1ccccc1OCc1cccc(Cl)c1. The van der Waals surface area contributed by atoms with Crippen LogP contribution in [0.4, 0.5) is 13.2 Å². The lowest BCUT2D eigenvalue weighted by molar-refractivity contribution is -0.137. The van der Waals surface area contributed by atoms with Gasteiger partial charge in [0.2, 0.25) is 0 Å². The van der Waals surface area contributed by atoms with Gasteiger partial charge in [0.1, 0.15) is 12.4 Å². The molecule has 3 aromatic rings. The van der Waals surface area contributed by atoms with E-state index in [-0.39, 0.29) is 17.9 Å². The first-order valence-corrected chi connectivity index (χ1v) is 10.6. The minimum Gasteiger partial charge on any atom is -0.488 e. The molecule has 10 heteroatoms. The van der Waals surface area contributed by atoms with E-state index < -0.39 is 32.6 Å². The molecule has 0 saturated heterocycles. The molecule has 0 atom stereocenters. The van der Waals surface area contributed by atoms with Crippen LogP contribution in [-0.2, 0) is 22.8 Å². The molecule has 0 heterocycles. The maximum absolute atomic E-state index is 12.9. The van der Waals surface area contributed by atoms with Crippen molar-refractivity contribution in [2.45, 2.75) is 17.7 Å². The van der Waals surface area contributed by atoms with E-state index in [0.717, 1.165) is 23.8 Å². The lowest BCUT2D eigenvalue weighted by Crippen LogP contribution is -2.31. The van der Waals surface area contributed by atoms with E-state index in [1.165, 1.54) is 18.2 Å². The molecule has 162 valence electrons. The Kier molecular flexibility index (Phi) is 6.56. The fourth-order valence-corrected chi connectivity index (χ4v) is 3.87. The number of ether oxygens (including phenoxy) is 1. The third kappa shape index (κ3) is 5.77. The maximum atomic E-state index is 12.9. The predicted molar refractivity (Wildman–Crippen MR) is 108 cm³/mol. The molecule has 1 N–H and O–H groups in total. The number of amides is 1. The van der Waals surface area contributed by atoms with E-state index in [1.807, 2.05) is 0 Å². The summed E-state index contributed by atoms with van der Waals surface area (Å²) in [6, 6.07) is 15.8. The zero-order valence-electron chi connectivity index (χ0n) is 15.7. The van der Waals surface area contributed by atoms with Gasteiger partial charge in [0.15, 0.2) is 0 Å². The Morgan fingerprint density at radius 1 is 0.968 bits per heavy atom. The second kappa shape index (κ2) is 8.99. The van der Waals surface area contributed by atoms with E-state index in [1.54, 1.807) is 35.1 Å². The van der Waals surface area contributed by atoms with Crippen LogP contribution in [0.2, 0.25) is 5.02 Å². The lowest BCUT2D eigenvalue weighted by atomic mass is 10.2. The smallest absolute Gasteiger partial charge is 0.416 e. The van der Waals surface area contributed by atoms with Crippen LogP contribution in [0.5, 0.6) is 5.75 Å². The number of alkyl halides is 3. The molecular formula is C21H15ClF3NO4S. The summed E-state index contributed by atoms with van der Waals surface area (Å²) in [6.07, 6.45) is -4.73. The molecule has 3 rings (SSSR count). The summed E-state index contributed by atoms with van der Waals surface area (Å²) >= 11 is 5.92. The molecule has 31 heavy (non-hydrogen) atoms. The van der Waals surface area contributed by atoms with Crippen molar-refractivity contribution < 1.29 is 31.1 Å². The van der Waals surface area contributed by atoms with Crippen LogP contribution in [0.3, 0.4) is 0 Å². The number of para-hydroxylation sites is 1. The normalized spacial score (nSPS) is 11.7. The second-order valence-electron chi connectivity index (χ2n) is 6.37. The highest BCUT2D eigenvalue weighted by atomic mass is 35.5. The van der Waals surface area contributed by atoms with Crippen LogP contribution in [0.15, 0.2) is 77.7 Å². The van der Waals surface area contributed by atoms with Gasteiger partial charge in [0.05, 0.1) is 16.0 Å². The highest BCUT2D eigenvalue weighted by molar-refractivity contribution is 7.90. The average molecular weight is 470 g/mol. The Labute approximate surface area is 181 Å². The molecule has 0 saturated carbocycles. The van der Waals surface area contributed by atoms with Crippen molar-refractivity contribution in [1.82, 2.24) is 4.72 Å². The summed E-state index contributed by atoms with van der Waals surface area (Å²) < 4.78 is 71.0. The molecule has 0 unspecified atom stereocenters. The molecule has 5 nitrogen and oxygen atoms in total. The highest BCUT2D eigenvalue weighted by Gasteiger charge is 2.32. The highest BCUT2D eigenvalue weighted by Crippen LogP contribution is 2.30. The first-order chi connectivity index (χ1) is 14.6. The predicted octanol–water partition coefficient (Wildman–Crippen LogP) is 5.06. The van der Waals surface area contributed by atoms with E-state index in [2.05, 4.69) is 0 Å². The molecule has 3 aromatic carbocycles. The lowest BCUT2D eigenvalue weighted by Gasteiger charge is -2.13. The van der Waals surface area contributed by atoms with Gasteiger partial charge in [-0.2, -0.15) is 13.2 Å². The number of halogens is 4. The monoisotopic (exact) mass is 469 g/mol. The molecule has 0 spiro atoms. The third-order valence-corrected chi connectivity index (χ3v) is 5.68. The number of carbonyl (C=O) groups excluding carboxylic acids is 1. The summed E-state index contributed by atoms with van der Waals surface area (Å²) in [5.41, 5.74) is -0.521. The Morgan fingerprint density at radius 3 is 2.39 bits per heavy atom. The summed E-state index contributed by atoms with van der Waals surface area (Å²) in [4.78, 5) is 11.9. The van der Waals surface area contributed by atoms with Gasteiger partial charge in [-0.3, -0.25) is 4.79 Å². The van der Waals surface area contributed by atoms with Gasteiger partial charge in [-0.15, -0.1) is 0 Å². The fourth-order valence-electron chi connectivity index (χ4n) is 2.64. The van der Waals surface area contributed by atoms with Gasteiger partial charge in [-0.05, 0) is 48.0 Å². The fraction of sp³-hybridized carbons (Fsp3) is 0.0952. The topological polar surface area (TPSA) is 72.5 Å². The summed E-state index contributed by atoms with van der Waals surface area (Å²) in [5, 5.41) is 0.499. The largest absolute Gasteiger partial charge is 0.488 e. The number of hydrogen-bond donors (Lipinski definition) is 1. The van der Waals surface area contributed by atoms with E-state index in [9.17, 15) is 26.4 Å². The molecule has 0 radical (unpaired) electrons. The quantitative estimate of drug-likeness (QED) is 0.548. The van der Waals surface area contributed by atoms with Crippen molar-refractivity contribution in [1.29, 1.82) is 0 Å². The van der Waals surface area contributed by atoms with Gasteiger partial charge in [-0.25, -0.2) is 13.1 Å². The molecule has 0 fully saturated rings. The molecule has 0 bridgehead atoms. The maximum Gasteiger partial charge on any atom is 0.416 e. The van der Waals surface area contributed by atoms with E-state index >= 15 is 0 Å². The van der Waals surface area contributed by atoms with Crippen LogP contribution in [-0.4, -0.2) is 14.3 Å². The van der Waals surface area contributed by atoms with E-state index in [4.69, 9.17) is 16.3 Å². The minimum atomic E-state index is -4.73. The van der Waals surface area contributed by atoms with Crippen molar-refractivity contribution in [3.05, 3.63) is 94.5 Å². The van der Waals surface area contributed by atoms with Gasteiger partial charge in [-0.1, -0.05) is 41.9 Å². The van der Waals surface area contributed by atoms with Crippen LogP contribution in [0, 0.1) is 0 Å². The third-order valence-electron chi connectivity index (χ3n) is 4.11. The first kappa shape index (κ1) is 22.6.